The van der Waals surface area contributed by atoms with E-state index in [4.69, 9.17) is 4.74 Å². The molecule has 1 saturated carbocycles. The summed E-state index contributed by atoms with van der Waals surface area (Å²) in [7, 11) is 0. The van der Waals surface area contributed by atoms with Gasteiger partial charge >= 0.3 is 0 Å². The second-order valence-corrected chi connectivity index (χ2v) is 7.51. The van der Waals surface area contributed by atoms with Crippen molar-refractivity contribution in [3.8, 4) is 0 Å². The predicted octanol–water partition coefficient (Wildman–Crippen LogP) is 2.41. The van der Waals surface area contributed by atoms with Crippen LogP contribution in [-0.4, -0.2) is 24.0 Å². The Kier molecular flexibility index (Phi) is 3.39. The van der Waals surface area contributed by atoms with Crippen LogP contribution in [0, 0.1) is 17.3 Å². The summed E-state index contributed by atoms with van der Waals surface area (Å²) in [6.45, 7) is 4.82. The Morgan fingerprint density at radius 2 is 1.90 bits per heavy atom. The van der Waals surface area contributed by atoms with Gasteiger partial charge in [0, 0.05) is 18.9 Å². The van der Waals surface area contributed by atoms with Crippen molar-refractivity contribution in [2.45, 2.75) is 64.4 Å². The Balaban J connectivity index is 1.94. The predicted molar refractivity (Wildman–Crippen MR) is 74.9 cm³/mol. The minimum absolute atomic E-state index is 0.00544. The molecule has 0 aromatic rings. The smallest absolute Gasteiger partial charge is 0.230 e. The summed E-state index contributed by atoms with van der Waals surface area (Å²) in [5.41, 5.74) is -0.400. The summed E-state index contributed by atoms with van der Waals surface area (Å²) >= 11 is 0. The number of hydrogen-bond donors (Lipinski definition) is 1. The van der Waals surface area contributed by atoms with Crippen LogP contribution in [0.25, 0.3) is 0 Å². The third-order valence-corrected chi connectivity index (χ3v) is 5.46. The number of hydrogen-bond acceptors (Lipinski definition) is 3. The molecule has 2 saturated heterocycles. The molecule has 2 unspecified atom stereocenters. The Hall–Kier alpha value is -0.900. The van der Waals surface area contributed by atoms with Gasteiger partial charge in [-0.1, -0.05) is 12.8 Å². The fourth-order valence-electron chi connectivity index (χ4n) is 4.91. The molecule has 20 heavy (non-hydrogen) atoms. The van der Waals surface area contributed by atoms with Gasteiger partial charge in [0.15, 0.2) is 0 Å². The number of carbonyl (C=O) groups excluding carboxylic acids is 2. The van der Waals surface area contributed by atoms with Gasteiger partial charge in [0.25, 0.3) is 0 Å². The quantitative estimate of drug-likeness (QED) is 0.750. The van der Waals surface area contributed by atoms with Crippen molar-refractivity contribution in [3.05, 3.63) is 0 Å². The summed E-state index contributed by atoms with van der Waals surface area (Å²) in [5.74, 6) is 0.343. The third-order valence-electron chi connectivity index (χ3n) is 5.46. The highest BCUT2D eigenvalue weighted by Crippen LogP contribution is 2.53. The van der Waals surface area contributed by atoms with Gasteiger partial charge < -0.3 is 4.74 Å². The van der Waals surface area contributed by atoms with Crippen LogP contribution in [0.5, 0.6) is 0 Å². The molecule has 3 fully saturated rings. The van der Waals surface area contributed by atoms with Crippen molar-refractivity contribution in [1.82, 2.24) is 5.32 Å². The first-order valence-electron chi connectivity index (χ1n) is 7.90. The SMILES string of the molecule is CC1(C)CC2(CCO1)CC(=O)NC(=O)C2C1CCCC1. The number of ether oxygens (including phenoxy) is 1. The maximum atomic E-state index is 12.5. The molecule has 1 spiro atoms. The molecule has 3 rings (SSSR count). The van der Waals surface area contributed by atoms with Crippen molar-refractivity contribution in [3.63, 3.8) is 0 Å². The largest absolute Gasteiger partial charge is 0.376 e. The normalized spacial score (nSPS) is 38.2. The molecule has 1 aliphatic carbocycles. The summed E-state index contributed by atoms with van der Waals surface area (Å²) in [4.78, 5) is 24.4. The highest BCUT2D eigenvalue weighted by Gasteiger charge is 2.55. The van der Waals surface area contributed by atoms with E-state index >= 15 is 0 Å². The minimum Gasteiger partial charge on any atom is -0.376 e. The average molecular weight is 279 g/mol. The van der Waals surface area contributed by atoms with E-state index in [1.54, 1.807) is 0 Å². The Labute approximate surface area is 120 Å². The molecule has 0 aromatic carbocycles. The average Bonchev–Trinajstić information content (AvgIpc) is 2.79. The first kappa shape index (κ1) is 14.1. The molecule has 4 nitrogen and oxygen atoms in total. The number of rotatable bonds is 1. The number of imide groups is 1. The van der Waals surface area contributed by atoms with E-state index in [1.807, 2.05) is 0 Å². The van der Waals surface area contributed by atoms with Gasteiger partial charge in [-0.2, -0.15) is 0 Å². The molecule has 2 aliphatic heterocycles. The Morgan fingerprint density at radius 1 is 1.20 bits per heavy atom. The minimum atomic E-state index is -0.229. The van der Waals surface area contributed by atoms with Gasteiger partial charge in [0.05, 0.1) is 5.60 Å². The molecule has 0 bridgehead atoms. The number of amides is 2. The standard InChI is InChI=1S/C16H25NO3/c1-15(2)10-16(7-8-20-15)9-12(18)17-14(19)13(16)11-5-3-4-6-11/h11,13H,3-10H2,1-2H3,(H,17,18,19). The summed E-state index contributed by atoms with van der Waals surface area (Å²) < 4.78 is 5.83. The van der Waals surface area contributed by atoms with Crippen molar-refractivity contribution in [2.75, 3.05) is 6.61 Å². The van der Waals surface area contributed by atoms with Gasteiger partial charge in [-0.3, -0.25) is 14.9 Å². The maximum Gasteiger partial charge on any atom is 0.230 e. The zero-order valence-corrected chi connectivity index (χ0v) is 12.5. The Bertz CT molecular complexity index is 425. The number of nitrogens with one attached hydrogen (secondary N) is 1. The third kappa shape index (κ3) is 2.39. The highest BCUT2D eigenvalue weighted by atomic mass is 16.5. The van der Waals surface area contributed by atoms with Crippen LogP contribution in [0.3, 0.4) is 0 Å². The topological polar surface area (TPSA) is 55.4 Å². The molecule has 3 aliphatic rings. The monoisotopic (exact) mass is 279 g/mol. The lowest BCUT2D eigenvalue weighted by atomic mass is 9.58. The lowest BCUT2D eigenvalue weighted by Crippen LogP contribution is -2.58. The van der Waals surface area contributed by atoms with E-state index in [9.17, 15) is 9.59 Å². The second-order valence-electron chi connectivity index (χ2n) is 7.51. The van der Waals surface area contributed by atoms with Crippen molar-refractivity contribution in [1.29, 1.82) is 0 Å². The summed E-state index contributed by atoms with van der Waals surface area (Å²) in [6, 6.07) is 0. The first-order chi connectivity index (χ1) is 9.42. The Morgan fingerprint density at radius 3 is 2.55 bits per heavy atom. The zero-order valence-electron chi connectivity index (χ0n) is 12.5. The maximum absolute atomic E-state index is 12.5. The lowest BCUT2D eigenvalue weighted by Gasteiger charge is -2.51. The van der Waals surface area contributed by atoms with Crippen LogP contribution in [0.15, 0.2) is 0 Å². The van der Waals surface area contributed by atoms with Crippen molar-refractivity contribution in [2.24, 2.45) is 17.3 Å². The molecular weight excluding hydrogens is 254 g/mol. The van der Waals surface area contributed by atoms with Gasteiger partial charge in [-0.05, 0) is 50.9 Å². The molecule has 2 heterocycles. The summed E-state index contributed by atoms with van der Waals surface area (Å²) in [6.07, 6.45) is 6.87. The van der Waals surface area contributed by atoms with Crippen LogP contribution in [-0.2, 0) is 14.3 Å². The van der Waals surface area contributed by atoms with Crippen LogP contribution in [0.4, 0.5) is 0 Å². The molecular formula is C16H25NO3. The van der Waals surface area contributed by atoms with Crippen LogP contribution in [0.1, 0.15) is 58.8 Å². The zero-order chi connectivity index (χ0) is 14.4. The van der Waals surface area contributed by atoms with Gasteiger partial charge in [0.2, 0.25) is 11.8 Å². The first-order valence-corrected chi connectivity index (χ1v) is 7.90. The van der Waals surface area contributed by atoms with E-state index < -0.39 is 0 Å². The highest BCUT2D eigenvalue weighted by molar-refractivity contribution is 6.00. The second kappa shape index (κ2) is 4.83. The molecule has 0 radical (unpaired) electrons. The van der Waals surface area contributed by atoms with Gasteiger partial charge in [-0.15, -0.1) is 0 Å². The summed E-state index contributed by atoms with van der Waals surface area (Å²) in [5, 5.41) is 2.59. The van der Waals surface area contributed by atoms with Crippen LogP contribution in [0.2, 0.25) is 0 Å². The van der Waals surface area contributed by atoms with E-state index in [2.05, 4.69) is 19.2 Å². The van der Waals surface area contributed by atoms with Gasteiger partial charge in [0.1, 0.15) is 0 Å². The van der Waals surface area contributed by atoms with Crippen molar-refractivity contribution >= 4 is 11.8 Å². The fourth-order valence-corrected chi connectivity index (χ4v) is 4.91. The van der Waals surface area contributed by atoms with Crippen LogP contribution >= 0.6 is 0 Å². The molecule has 112 valence electrons. The van der Waals surface area contributed by atoms with E-state index in [-0.39, 0.29) is 28.7 Å². The van der Waals surface area contributed by atoms with Gasteiger partial charge in [-0.25, -0.2) is 0 Å². The lowest BCUT2D eigenvalue weighted by molar-refractivity contribution is -0.166. The van der Waals surface area contributed by atoms with E-state index in [0.29, 0.717) is 18.9 Å². The molecule has 2 atom stereocenters. The molecule has 4 heteroatoms. The van der Waals surface area contributed by atoms with Crippen LogP contribution < -0.4 is 5.32 Å². The fraction of sp³-hybridized carbons (Fsp3) is 0.875. The van der Waals surface area contributed by atoms with E-state index in [1.165, 1.54) is 12.8 Å². The number of carbonyl (C=O) groups is 2. The number of piperidine rings is 1. The molecule has 0 aromatic heterocycles. The molecule has 1 N–H and O–H groups in total. The molecule has 2 amide bonds. The van der Waals surface area contributed by atoms with Crippen molar-refractivity contribution < 1.29 is 14.3 Å². The van der Waals surface area contributed by atoms with E-state index in [0.717, 1.165) is 25.7 Å².